The molecule has 0 aliphatic heterocycles. The molecule has 0 atom stereocenters. The molecule has 3 nitrogen and oxygen atoms in total. The molecule has 0 aromatic rings. The number of nitrogens with zero attached hydrogens (tertiary/aromatic N) is 3. The van der Waals surface area contributed by atoms with Crippen molar-refractivity contribution in [2.75, 3.05) is 0 Å². The fourth-order valence-electron chi connectivity index (χ4n) is 1.05. The van der Waals surface area contributed by atoms with Crippen LogP contribution in [-0.4, -0.2) is 20.0 Å². The van der Waals surface area contributed by atoms with Gasteiger partial charge in [0.1, 0.15) is 0 Å². The zero-order valence-electron chi connectivity index (χ0n) is 8.08. The molecular weight excluding hydrogens is 257 g/mol. The summed E-state index contributed by atoms with van der Waals surface area (Å²) in [5.41, 5.74) is 8.34. The van der Waals surface area contributed by atoms with E-state index in [9.17, 15) is 0 Å². The number of rotatable bonds is 7. The molecule has 0 aromatic carbocycles. The van der Waals surface area contributed by atoms with Gasteiger partial charge in [0.2, 0.25) is 0 Å². The zero-order chi connectivity index (χ0) is 9.23. The predicted octanol–water partition coefficient (Wildman–Crippen LogP) is 3.89. The van der Waals surface area contributed by atoms with Crippen molar-refractivity contribution in [1.82, 2.24) is 0 Å². The van der Waals surface area contributed by atoms with Crippen LogP contribution < -0.4 is 0 Å². The molecule has 0 bridgehead atoms. The van der Waals surface area contributed by atoms with E-state index in [0.29, 0.717) is 0 Å². The number of hydrogen-bond acceptors (Lipinski definition) is 1. The Bertz CT molecular complexity index is 135. The Balaban J connectivity index is 3.61. The van der Waals surface area contributed by atoms with E-state index in [1.807, 2.05) is 0 Å². The second kappa shape index (κ2) is 9.20. The molecule has 0 aromatic heterocycles. The van der Waals surface area contributed by atoms with Gasteiger partial charge in [-0.05, 0) is 0 Å². The zero-order valence-corrected chi connectivity index (χ0v) is 10.9. The van der Waals surface area contributed by atoms with Crippen molar-refractivity contribution in [3.05, 3.63) is 10.4 Å². The summed E-state index contributed by atoms with van der Waals surface area (Å²) in [4.78, 5) is 2.95. The third kappa shape index (κ3) is 6.80. The molecular formula is C8H18N3Sn. The van der Waals surface area contributed by atoms with Crippen LogP contribution in [-0.2, 0) is 0 Å². The summed E-state index contributed by atoms with van der Waals surface area (Å²) in [6.45, 7) is 4.38. The maximum absolute atomic E-state index is 8.34. The van der Waals surface area contributed by atoms with Crippen LogP contribution in [0.4, 0.5) is 0 Å². The summed E-state index contributed by atoms with van der Waals surface area (Å²) < 4.78 is 6.48. The van der Waals surface area contributed by atoms with Crippen LogP contribution in [0.25, 0.3) is 10.4 Å². The first-order chi connectivity index (χ1) is 5.85. The third-order valence-electron chi connectivity index (χ3n) is 1.82. The van der Waals surface area contributed by atoms with Crippen molar-refractivity contribution in [2.45, 2.75) is 48.4 Å². The predicted molar refractivity (Wildman–Crippen MR) is 54.3 cm³/mol. The van der Waals surface area contributed by atoms with E-state index >= 15 is 0 Å². The number of unbranched alkanes of at least 4 members (excludes halogenated alkanes) is 2. The van der Waals surface area contributed by atoms with Crippen LogP contribution in [0.2, 0.25) is 8.87 Å². The van der Waals surface area contributed by atoms with Gasteiger partial charge >= 0.3 is 82.2 Å². The van der Waals surface area contributed by atoms with Gasteiger partial charge in [-0.25, -0.2) is 0 Å². The van der Waals surface area contributed by atoms with Crippen molar-refractivity contribution < 1.29 is 0 Å². The molecule has 0 rings (SSSR count). The second-order valence-electron chi connectivity index (χ2n) is 2.96. The van der Waals surface area contributed by atoms with Gasteiger partial charge < -0.3 is 0 Å². The van der Waals surface area contributed by atoms with Crippen LogP contribution >= 0.6 is 0 Å². The Labute approximate surface area is 82.3 Å². The number of azide groups is 1. The fraction of sp³-hybridized carbons (Fsp3) is 1.00. The standard InChI is InChI=1S/2C4H9.N3.Sn/c2*1-3-4-2;1-3-2;/h2*1,3-4H2,2H3;;/q;;-1;+1. The quantitative estimate of drug-likeness (QED) is 0.293. The monoisotopic (exact) mass is 276 g/mol. The van der Waals surface area contributed by atoms with E-state index in [1.165, 1.54) is 34.6 Å². The topological polar surface area (TPSA) is 48.8 Å². The summed E-state index contributed by atoms with van der Waals surface area (Å²) in [6.07, 6.45) is 4.99. The Morgan fingerprint density at radius 1 is 1.17 bits per heavy atom. The molecule has 0 heterocycles. The summed E-state index contributed by atoms with van der Waals surface area (Å²) >= 11 is -1.60. The van der Waals surface area contributed by atoms with Crippen molar-refractivity contribution in [3.63, 3.8) is 0 Å². The first kappa shape index (κ1) is 12.1. The van der Waals surface area contributed by atoms with Gasteiger partial charge in [0.25, 0.3) is 0 Å². The Hall–Kier alpha value is 0.109. The molecule has 0 N–H and O–H groups in total. The molecule has 0 fully saturated rings. The molecule has 4 heteroatoms. The third-order valence-corrected chi connectivity index (χ3v) is 8.20. The van der Waals surface area contributed by atoms with Gasteiger partial charge in [0.05, 0.1) is 0 Å². The van der Waals surface area contributed by atoms with Gasteiger partial charge in [-0.15, -0.1) is 0 Å². The number of hydrogen-bond donors (Lipinski definition) is 0. The molecule has 0 amide bonds. The minimum atomic E-state index is -1.60. The molecule has 0 spiro atoms. The normalized spacial score (nSPS) is 9.92. The van der Waals surface area contributed by atoms with E-state index < -0.39 is 20.0 Å². The van der Waals surface area contributed by atoms with E-state index in [-0.39, 0.29) is 0 Å². The van der Waals surface area contributed by atoms with Crippen LogP contribution in [0.5, 0.6) is 0 Å². The fourth-order valence-corrected chi connectivity index (χ4v) is 7.04. The van der Waals surface area contributed by atoms with Crippen LogP contribution in [0.1, 0.15) is 39.5 Å². The maximum atomic E-state index is 8.34. The summed E-state index contributed by atoms with van der Waals surface area (Å²) in [6, 6.07) is 0. The second-order valence-corrected chi connectivity index (χ2v) is 9.62. The SMILES string of the molecule is CCC[CH2][Sn]([CH2]CCC)[N]=[N+]=[N-]. The average molecular weight is 275 g/mol. The molecule has 0 aliphatic rings. The minimum absolute atomic E-state index is 1.23. The molecule has 12 heavy (non-hydrogen) atoms. The van der Waals surface area contributed by atoms with Gasteiger partial charge in [-0.1, -0.05) is 0 Å². The Morgan fingerprint density at radius 2 is 1.67 bits per heavy atom. The van der Waals surface area contributed by atoms with Crippen molar-refractivity contribution in [2.24, 2.45) is 3.34 Å². The summed E-state index contributed by atoms with van der Waals surface area (Å²) in [7, 11) is 0. The van der Waals surface area contributed by atoms with Crippen molar-refractivity contribution >= 4 is 20.0 Å². The Morgan fingerprint density at radius 3 is 2.00 bits per heavy atom. The molecule has 0 saturated heterocycles. The van der Waals surface area contributed by atoms with Gasteiger partial charge in [0, 0.05) is 0 Å². The van der Waals surface area contributed by atoms with E-state index in [2.05, 4.69) is 22.1 Å². The Kier molecular flexibility index (Phi) is 9.28. The van der Waals surface area contributed by atoms with E-state index in [1.54, 1.807) is 0 Å². The van der Waals surface area contributed by atoms with Crippen molar-refractivity contribution in [3.8, 4) is 0 Å². The van der Waals surface area contributed by atoms with Gasteiger partial charge in [-0.2, -0.15) is 0 Å². The molecule has 0 unspecified atom stereocenters. The first-order valence-corrected chi connectivity index (χ1v) is 10.1. The molecule has 0 aliphatic carbocycles. The molecule has 69 valence electrons. The molecule has 1 radical (unpaired) electrons. The summed E-state index contributed by atoms with van der Waals surface area (Å²) in [5.74, 6) is 0. The summed E-state index contributed by atoms with van der Waals surface area (Å²) in [5, 5.41) is 0. The van der Waals surface area contributed by atoms with E-state index in [0.717, 1.165) is 0 Å². The van der Waals surface area contributed by atoms with Crippen molar-refractivity contribution in [1.29, 1.82) is 0 Å². The molecule has 0 saturated carbocycles. The van der Waals surface area contributed by atoms with Crippen LogP contribution in [0.3, 0.4) is 0 Å². The van der Waals surface area contributed by atoms with Crippen LogP contribution in [0, 0.1) is 0 Å². The van der Waals surface area contributed by atoms with Gasteiger partial charge in [-0.3, -0.25) is 0 Å². The van der Waals surface area contributed by atoms with Crippen LogP contribution in [0.15, 0.2) is 3.34 Å². The first-order valence-electron chi connectivity index (χ1n) is 4.74. The van der Waals surface area contributed by atoms with Gasteiger partial charge in [0.15, 0.2) is 0 Å². The average Bonchev–Trinajstić information content (AvgIpc) is 2.10. The van der Waals surface area contributed by atoms with E-state index in [4.69, 9.17) is 5.53 Å².